The minimum Gasteiger partial charge on any atom is -0.509 e. The van der Waals surface area contributed by atoms with Crippen molar-refractivity contribution in [3.63, 3.8) is 0 Å². The van der Waals surface area contributed by atoms with Crippen LogP contribution in [-0.2, 0) is 47.5 Å². The van der Waals surface area contributed by atoms with Gasteiger partial charge in [0.25, 0.3) is 0 Å². The van der Waals surface area contributed by atoms with Crippen molar-refractivity contribution in [3.8, 4) is 57.4 Å². The number of pyridine rings is 4. The molecule has 18 aromatic rings. The van der Waals surface area contributed by atoms with E-state index in [1.54, 1.807) is 0 Å². The summed E-state index contributed by atoms with van der Waals surface area (Å²) >= 11 is 0. The summed E-state index contributed by atoms with van der Waals surface area (Å²) < 4.78 is 25.5. The first-order valence-electron chi connectivity index (χ1n) is 31.9. The van der Waals surface area contributed by atoms with Crippen molar-refractivity contribution in [1.29, 1.82) is 0 Å². The molecule has 0 bridgehead atoms. The summed E-state index contributed by atoms with van der Waals surface area (Å²) in [5.74, 6) is 3.92. The van der Waals surface area contributed by atoms with E-state index in [4.69, 9.17) is 34.5 Å². The number of aryl methyl sites for hydroxylation is 4. The molecule has 0 atom stereocenters. The molecular weight excluding hydrogens is 1600 g/mol. The molecule has 16 heteroatoms. The molecule has 10 heterocycles. The van der Waals surface area contributed by atoms with E-state index < -0.39 is 0 Å². The molecular formula is C84H68N12O2Pt2. The van der Waals surface area contributed by atoms with E-state index >= 15 is 0 Å². The van der Waals surface area contributed by atoms with Gasteiger partial charge in [-0.2, -0.15) is 28.4 Å². The fourth-order valence-corrected chi connectivity index (χ4v) is 13.5. The van der Waals surface area contributed by atoms with Crippen molar-refractivity contribution < 1.29 is 51.6 Å². The first-order chi connectivity index (χ1) is 46.8. The van der Waals surface area contributed by atoms with E-state index in [-0.39, 0.29) is 62.4 Å². The average Bonchev–Trinajstić information content (AvgIpc) is 1.60. The largest absolute Gasteiger partial charge is 2.00 e. The van der Waals surface area contributed by atoms with Gasteiger partial charge in [-0.1, -0.05) is 119 Å². The molecule has 0 N–H and O–H groups in total. The van der Waals surface area contributed by atoms with Crippen molar-refractivity contribution in [2.24, 2.45) is 0 Å². The third-order valence-corrected chi connectivity index (χ3v) is 17.8. The Kier molecular flexibility index (Phi) is 18.2. The number of fused-ring (bicyclic) bond motifs is 12. The Bertz CT molecular complexity index is 6010. The maximum atomic E-state index is 6.60. The Labute approximate surface area is 608 Å². The van der Waals surface area contributed by atoms with Crippen molar-refractivity contribution >= 4 is 87.5 Å². The molecule has 0 radical (unpaired) electrons. The fraction of sp³-hybridized carbons (Fsp3) is 0.119. The van der Waals surface area contributed by atoms with Crippen LogP contribution < -0.4 is 9.47 Å². The van der Waals surface area contributed by atoms with E-state index in [0.29, 0.717) is 23.0 Å². The van der Waals surface area contributed by atoms with E-state index in [2.05, 4.69) is 227 Å². The molecule has 0 saturated carbocycles. The summed E-state index contributed by atoms with van der Waals surface area (Å²) in [6, 6.07) is 86.4. The van der Waals surface area contributed by atoms with Crippen molar-refractivity contribution in [2.75, 3.05) is 0 Å². The molecule has 0 fully saturated rings. The van der Waals surface area contributed by atoms with Gasteiger partial charge >= 0.3 is 42.1 Å². The second-order valence-corrected chi connectivity index (χ2v) is 25.2. The molecule has 0 unspecified atom stereocenters. The van der Waals surface area contributed by atoms with Crippen LogP contribution >= 0.6 is 0 Å². The van der Waals surface area contributed by atoms with Gasteiger partial charge in [0.05, 0.1) is 33.8 Å². The number of hydrogen-bond acceptors (Lipinski definition) is 8. The number of para-hydroxylation sites is 4. The van der Waals surface area contributed by atoms with Crippen LogP contribution in [0.1, 0.15) is 64.0 Å². The predicted molar refractivity (Wildman–Crippen MR) is 395 cm³/mol. The molecule has 496 valence electrons. The molecule has 100 heavy (non-hydrogen) atoms. The second-order valence-electron chi connectivity index (χ2n) is 25.2. The van der Waals surface area contributed by atoms with E-state index in [1.165, 1.54) is 0 Å². The predicted octanol–water partition coefficient (Wildman–Crippen LogP) is 20.3. The summed E-state index contributed by atoms with van der Waals surface area (Å²) in [7, 11) is 0. The van der Waals surface area contributed by atoms with Crippen LogP contribution in [-0.4, -0.2) is 57.8 Å². The third kappa shape index (κ3) is 11.8. The van der Waals surface area contributed by atoms with Gasteiger partial charge in [0.15, 0.2) is 0 Å². The second kappa shape index (κ2) is 27.0. The number of nitrogens with zero attached hydrogens (tertiary/aromatic N) is 12. The molecule has 10 aromatic heterocycles. The monoisotopic (exact) mass is 1670 g/mol. The maximum absolute atomic E-state index is 6.60. The summed E-state index contributed by atoms with van der Waals surface area (Å²) in [5, 5.41) is 18.2. The molecule has 0 spiro atoms. The fourth-order valence-electron chi connectivity index (χ4n) is 13.5. The van der Waals surface area contributed by atoms with Gasteiger partial charge in [0, 0.05) is 104 Å². The van der Waals surface area contributed by atoms with Gasteiger partial charge < -0.3 is 18.6 Å². The minimum atomic E-state index is -0.110. The Morgan fingerprint density at radius 2 is 0.750 bits per heavy atom. The number of benzene rings is 8. The molecule has 0 aliphatic carbocycles. The van der Waals surface area contributed by atoms with Crippen molar-refractivity contribution in [1.82, 2.24) is 57.8 Å². The summed E-state index contributed by atoms with van der Waals surface area (Å²) in [6.45, 7) is 14.7. The van der Waals surface area contributed by atoms with Crippen LogP contribution in [0.2, 0.25) is 0 Å². The zero-order chi connectivity index (χ0) is 64.9. The zero-order valence-electron chi connectivity index (χ0n) is 54.3. The Balaban J connectivity index is 0.000000173. The van der Waals surface area contributed by atoms with E-state index in [9.17, 15) is 0 Å². The van der Waals surface area contributed by atoms with Gasteiger partial charge in [-0.15, -0.1) is 77.0 Å². The molecule has 8 aromatic carbocycles. The number of hydrogen-bond donors (Lipinski definition) is 0. The number of rotatable bonds is 10. The summed E-state index contributed by atoms with van der Waals surface area (Å²) in [6.07, 6.45) is 7.41. The van der Waals surface area contributed by atoms with E-state index in [1.807, 2.05) is 116 Å². The zero-order valence-corrected chi connectivity index (χ0v) is 58.9. The first-order valence-corrected chi connectivity index (χ1v) is 31.9. The SMILES string of the molecule is C.C.Cc1cc(C)n(-c2[c-]c(Oc3[c-]c4c(cc3)c3ccccc3n4-c3cc(-n4c5ccccc5c5cccnc54)ccn3)cc(C(C)(C)C)c2)n1.Cc1cc(C)n(-c2[c-]c(Oc3[c-]c4c(cc3)c3ccccc3n4-c3cc(-n4c5ccccc5c5cccnc54)ccn3)ccc2)n1.[Pt+2].[Pt+2]. The van der Waals surface area contributed by atoms with Gasteiger partial charge in [-0.3, -0.25) is 18.5 Å². The number of ether oxygens (including phenoxy) is 2. The Hall–Kier alpha value is -11.0. The summed E-state index contributed by atoms with van der Waals surface area (Å²) in [4.78, 5) is 19.4. The van der Waals surface area contributed by atoms with Crippen LogP contribution in [0.25, 0.3) is 122 Å². The van der Waals surface area contributed by atoms with Crippen LogP contribution in [0.4, 0.5) is 0 Å². The van der Waals surface area contributed by atoms with Crippen LogP contribution in [0, 0.1) is 52.0 Å². The van der Waals surface area contributed by atoms with Crippen LogP contribution in [0.3, 0.4) is 0 Å². The Morgan fingerprint density at radius 1 is 0.340 bits per heavy atom. The molecule has 0 saturated heterocycles. The van der Waals surface area contributed by atoms with Crippen LogP contribution in [0.5, 0.6) is 23.0 Å². The average molecular weight is 1670 g/mol. The minimum absolute atomic E-state index is 0. The number of aromatic nitrogens is 12. The van der Waals surface area contributed by atoms with Crippen molar-refractivity contribution in [2.45, 2.75) is 68.7 Å². The topological polar surface area (TPSA) is 125 Å². The molecule has 0 amide bonds. The maximum Gasteiger partial charge on any atom is 2.00 e. The first kappa shape index (κ1) is 67.5. The van der Waals surface area contributed by atoms with Crippen molar-refractivity contribution in [3.05, 3.63) is 290 Å². The summed E-state index contributed by atoms with van der Waals surface area (Å²) in [5.41, 5.74) is 16.4. The van der Waals surface area contributed by atoms with E-state index in [0.717, 1.165) is 150 Å². The van der Waals surface area contributed by atoms with Crippen LogP contribution in [0.15, 0.2) is 237 Å². The van der Waals surface area contributed by atoms with Gasteiger partial charge in [-0.25, -0.2) is 19.9 Å². The smallest absolute Gasteiger partial charge is 0.509 e. The molecule has 14 nitrogen and oxygen atoms in total. The van der Waals surface area contributed by atoms with Gasteiger partial charge in [0.2, 0.25) is 0 Å². The normalized spacial score (nSPS) is 11.4. The Morgan fingerprint density at radius 3 is 1.21 bits per heavy atom. The third-order valence-electron chi connectivity index (χ3n) is 17.8. The van der Waals surface area contributed by atoms with Gasteiger partial charge in [-0.05, 0) is 128 Å². The quantitative estimate of drug-likeness (QED) is 0.124. The molecule has 0 aliphatic heterocycles. The standard InChI is InChI=1S/C43H34N6O.C39H26N6O.2CH4.2Pt/c1-27-21-28(2)49(46-27)31-22-29(43(3,4)5)23-33(24-31)50-32-16-17-36-34-11-6-9-15-39(34)48(40(36)26-32)41-25-30(18-20-44-41)47-38-14-8-7-12-35(38)37-13-10-19-45-42(37)47;1-25-21-26(2)45(42-25)28-9-7-10-29(22-28)46-30-16-17-33-31-11-3-6-15-36(31)44(37(33)24-30)38-23-27(18-20-40-38)43-35-14-5-4-12-32(35)34-13-8-19-41-39(34)43;;;;/h6-23,25H,1-5H3;3-21,23H,1-2H3;2*1H4;;/q2*-2;;;2*+2. The molecule has 18 rings (SSSR count). The molecule has 0 aliphatic rings. The van der Waals surface area contributed by atoms with Gasteiger partial charge in [0.1, 0.15) is 22.9 Å².